The van der Waals surface area contributed by atoms with Crippen molar-refractivity contribution >= 4 is 0 Å². The Morgan fingerprint density at radius 2 is 1.78 bits per heavy atom. The van der Waals surface area contributed by atoms with Crippen LogP contribution in [-0.4, -0.2) is 74.1 Å². The predicted molar refractivity (Wildman–Crippen MR) is 62.8 cm³/mol. The molecule has 1 aliphatic heterocycles. The van der Waals surface area contributed by atoms with Gasteiger partial charge in [0, 0.05) is 13.0 Å². The van der Waals surface area contributed by atoms with E-state index in [1.54, 1.807) is 7.11 Å². The van der Waals surface area contributed by atoms with Crippen LogP contribution in [0, 0.1) is 5.92 Å². The SMILES string of the molecule is CO[C@@H]1O[C@H](CO)[C@@H](C)[C@H](O)[C@H]1[N+](C)(C)C.[Cl-].[NH]. The summed E-state index contributed by atoms with van der Waals surface area (Å²) < 4.78 is 11.5. The Hall–Kier alpha value is 0.0500. The summed E-state index contributed by atoms with van der Waals surface area (Å²) in [4.78, 5) is 0. The van der Waals surface area contributed by atoms with E-state index in [0.717, 1.165) is 0 Å². The molecule has 1 aliphatic rings. The Bertz CT molecular complexity index is 236. The molecule has 0 spiro atoms. The Morgan fingerprint density at radius 3 is 2.11 bits per heavy atom. The Labute approximate surface area is 115 Å². The van der Waals surface area contributed by atoms with Gasteiger partial charge >= 0.3 is 0 Å². The number of methoxy groups -OCH3 is 1. The predicted octanol–water partition coefficient (Wildman–Crippen LogP) is -3.84. The van der Waals surface area contributed by atoms with Gasteiger partial charge in [0.25, 0.3) is 0 Å². The molecule has 3 N–H and O–H groups in total. The lowest BCUT2D eigenvalue weighted by Gasteiger charge is -2.47. The summed E-state index contributed by atoms with van der Waals surface area (Å²) in [5, 5.41) is 19.5. The molecule has 0 aromatic heterocycles. The van der Waals surface area contributed by atoms with Crippen LogP contribution < -0.4 is 18.6 Å². The fourth-order valence-electron chi connectivity index (χ4n) is 2.30. The van der Waals surface area contributed by atoms with E-state index < -0.39 is 12.4 Å². The minimum absolute atomic E-state index is 0. The molecule has 0 aliphatic carbocycles. The van der Waals surface area contributed by atoms with Crippen molar-refractivity contribution in [3.63, 3.8) is 0 Å². The molecule has 18 heavy (non-hydrogen) atoms. The molecule has 0 aromatic rings. The number of hydrogen-bond acceptors (Lipinski definition) is 4. The third kappa shape index (κ3) is 4.03. The minimum atomic E-state index is -0.546. The maximum atomic E-state index is 10.3. The lowest BCUT2D eigenvalue weighted by Crippen LogP contribution is -3.00. The number of likely N-dealkylation sites (N-methyl/N-ethyl adjacent to an activating group) is 1. The summed E-state index contributed by atoms with van der Waals surface area (Å²) >= 11 is 0. The highest BCUT2D eigenvalue weighted by Gasteiger charge is 2.49. The fraction of sp³-hybridized carbons (Fsp3) is 1.00. The number of ether oxygens (including phenoxy) is 2. The molecule has 1 heterocycles. The van der Waals surface area contributed by atoms with Gasteiger partial charge in [-0.25, -0.2) is 0 Å². The topological polar surface area (TPSA) is 90.9 Å². The molecule has 1 rings (SSSR count). The van der Waals surface area contributed by atoms with Crippen LogP contribution >= 0.6 is 0 Å². The van der Waals surface area contributed by atoms with E-state index in [1.165, 1.54) is 0 Å². The van der Waals surface area contributed by atoms with Gasteiger partial charge in [-0.3, -0.25) is 0 Å². The highest BCUT2D eigenvalue weighted by Crippen LogP contribution is 2.30. The molecule has 0 bridgehead atoms. The van der Waals surface area contributed by atoms with E-state index in [4.69, 9.17) is 9.47 Å². The number of aliphatic hydroxyl groups excluding tert-OH is 2. The van der Waals surface area contributed by atoms with E-state index in [2.05, 4.69) is 0 Å². The van der Waals surface area contributed by atoms with E-state index in [1.807, 2.05) is 28.1 Å². The third-order valence-electron chi connectivity index (χ3n) is 3.37. The molecule has 7 heteroatoms. The maximum absolute atomic E-state index is 10.3. The first-order chi connectivity index (χ1) is 7.32. The Morgan fingerprint density at radius 1 is 1.28 bits per heavy atom. The van der Waals surface area contributed by atoms with Crippen molar-refractivity contribution in [2.75, 3.05) is 34.9 Å². The van der Waals surface area contributed by atoms with Crippen molar-refractivity contribution < 1.29 is 36.6 Å². The lowest BCUT2D eigenvalue weighted by molar-refractivity contribution is -0.909. The van der Waals surface area contributed by atoms with E-state index in [9.17, 15) is 10.2 Å². The first-order valence-corrected chi connectivity index (χ1v) is 5.61. The monoisotopic (exact) mass is 284 g/mol. The molecule has 0 amide bonds. The van der Waals surface area contributed by atoms with Gasteiger partial charge in [-0.05, 0) is 0 Å². The zero-order valence-corrected chi connectivity index (χ0v) is 12.4. The molecule has 1 saturated heterocycles. The zero-order chi connectivity index (χ0) is 12.5. The Balaban J connectivity index is 0. The van der Waals surface area contributed by atoms with Crippen molar-refractivity contribution in [2.24, 2.45) is 5.92 Å². The standard InChI is InChI=1S/C11H24NO4.ClH.HN/c1-7-8(6-13)16-11(15-5)9(10(7)14)12(2,3)4;;/h7-11,13-14H,6H2,1-5H3;2*1H/q+1;;/p-1/t7-,8-,9-,10+,11-;;/m1../s1. The normalized spacial score (nSPS) is 36.5. The maximum Gasteiger partial charge on any atom is 0.213 e. The molecule has 0 aromatic carbocycles. The van der Waals surface area contributed by atoms with Crippen LogP contribution in [0.4, 0.5) is 0 Å². The highest BCUT2D eigenvalue weighted by molar-refractivity contribution is 4.87. The van der Waals surface area contributed by atoms with Crippen LogP contribution in [0.1, 0.15) is 6.92 Å². The first kappa shape index (κ1) is 20.4. The molecule has 2 radical (unpaired) electrons. The van der Waals surface area contributed by atoms with Crippen molar-refractivity contribution in [3.05, 3.63) is 0 Å². The second-order valence-corrected chi connectivity index (χ2v) is 5.42. The quantitative estimate of drug-likeness (QED) is 0.520. The summed E-state index contributed by atoms with van der Waals surface area (Å²) in [6, 6.07) is -0.150. The van der Waals surface area contributed by atoms with Crippen molar-refractivity contribution in [1.82, 2.24) is 6.15 Å². The zero-order valence-electron chi connectivity index (χ0n) is 11.6. The molecule has 1 fully saturated rings. The number of nitrogens with zero attached hydrogens (tertiary/aromatic N) is 1. The molecular formula is C11H25ClN2O4. The number of nitrogens with one attached hydrogen (secondary N) is 1. The van der Waals surface area contributed by atoms with E-state index in [-0.39, 0.29) is 43.2 Å². The summed E-state index contributed by atoms with van der Waals surface area (Å²) in [6.07, 6.45) is -1.39. The average Bonchev–Trinajstić information content (AvgIpc) is 2.19. The van der Waals surface area contributed by atoms with Crippen LogP contribution in [-0.2, 0) is 9.47 Å². The smallest absolute Gasteiger partial charge is 0.213 e. The summed E-state index contributed by atoms with van der Waals surface area (Å²) in [5.74, 6) is -0.0984. The third-order valence-corrected chi connectivity index (χ3v) is 3.37. The summed E-state index contributed by atoms with van der Waals surface area (Å²) in [5.41, 5.74) is 0. The molecule has 0 saturated carbocycles. The number of halogens is 1. The number of quaternary nitrogens is 1. The second-order valence-electron chi connectivity index (χ2n) is 5.42. The van der Waals surface area contributed by atoms with E-state index >= 15 is 0 Å². The number of hydrogen-bond donors (Lipinski definition) is 2. The van der Waals surface area contributed by atoms with Crippen LogP contribution in [0.5, 0.6) is 0 Å². The molecule has 110 valence electrons. The average molecular weight is 285 g/mol. The van der Waals surface area contributed by atoms with Crippen LogP contribution in [0.15, 0.2) is 0 Å². The van der Waals surface area contributed by atoms with Gasteiger partial charge in [-0.2, -0.15) is 6.15 Å². The van der Waals surface area contributed by atoms with Crippen LogP contribution in [0.3, 0.4) is 0 Å². The summed E-state index contributed by atoms with van der Waals surface area (Å²) in [7, 11) is 7.55. The lowest BCUT2D eigenvalue weighted by atomic mass is 9.88. The molecular weight excluding hydrogens is 260 g/mol. The molecule has 6 nitrogen and oxygen atoms in total. The van der Waals surface area contributed by atoms with Crippen LogP contribution in [0.25, 0.3) is 0 Å². The van der Waals surface area contributed by atoms with Crippen molar-refractivity contribution in [2.45, 2.75) is 31.5 Å². The van der Waals surface area contributed by atoms with Gasteiger partial charge in [-0.1, -0.05) is 6.92 Å². The van der Waals surface area contributed by atoms with Gasteiger partial charge < -0.3 is 36.6 Å². The molecule has 5 atom stereocenters. The first-order valence-electron chi connectivity index (χ1n) is 5.61. The van der Waals surface area contributed by atoms with Gasteiger partial charge in [-0.15, -0.1) is 0 Å². The van der Waals surface area contributed by atoms with Crippen LogP contribution in [0.2, 0.25) is 0 Å². The summed E-state index contributed by atoms with van der Waals surface area (Å²) in [6.45, 7) is 1.79. The fourth-order valence-corrected chi connectivity index (χ4v) is 2.30. The largest absolute Gasteiger partial charge is 1.00 e. The van der Waals surface area contributed by atoms with Gasteiger partial charge in [0.2, 0.25) is 6.29 Å². The van der Waals surface area contributed by atoms with Crippen molar-refractivity contribution in [3.8, 4) is 0 Å². The number of aliphatic hydroxyl groups is 2. The molecule has 0 unspecified atom stereocenters. The second kappa shape index (κ2) is 7.59. The van der Waals surface area contributed by atoms with E-state index in [0.29, 0.717) is 4.48 Å². The number of rotatable bonds is 3. The van der Waals surface area contributed by atoms with Gasteiger partial charge in [0.15, 0.2) is 6.04 Å². The van der Waals surface area contributed by atoms with Crippen molar-refractivity contribution in [1.29, 1.82) is 0 Å². The minimum Gasteiger partial charge on any atom is -1.00 e. The van der Waals surface area contributed by atoms with Gasteiger partial charge in [0.1, 0.15) is 6.10 Å². The van der Waals surface area contributed by atoms with Gasteiger partial charge in [0.05, 0.1) is 33.9 Å². The highest BCUT2D eigenvalue weighted by atomic mass is 35.5. The Kier molecular flexibility index (Phi) is 8.59.